The van der Waals surface area contributed by atoms with Gasteiger partial charge in [-0.15, -0.1) is 0 Å². The Morgan fingerprint density at radius 3 is 2.39 bits per heavy atom. The molecule has 0 radical (unpaired) electrons. The van der Waals surface area contributed by atoms with Gasteiger partial charge in [-0.05, 0) is 31.0 Å². The lowest BCUT2D eigenvalue weighted by atomic mass is 10.0. The SMILES string of the molecule is CCCCOc1ccc(C(=O)O)c(C)c1C(=O)O. The number of unbranched alkanes of at least 4 members (excludes halogenated alkanes) is 1. The molecule has 98 valence electrons. The van der Waals surface area contributed by atoms with Crippen molar-refractivity contribution in [1.82, 2.24) is 0 Å². The summed E-state index contributed by atoms with van der Waals surface area (Å²) in [4.78, 5) is 22.1. The van der Waals surface area contributed by atoms with Crippen LogP contribution in [0.3, 0.4) is 0 Å². The molecular formula is C13H16O5. The minimum absolute atomic E-state index is 0.0183. The second-order valence-corrected chi connectivity index (χ2v) is 3.92. The highest BCUT2D eigenvalue weighted by Gasteiger charge is 2.20. The molecule has 0 bridgehead atoms. The summed E-state index contributed by atoms with van der Waals surface area (Å²) in [5.41, 5.74) is 0.116. The second kappa shape index (κ2) is 6.05. The zero-order chi connectivity index (χ0) is 13.7. The highest BCUT2D eigenvalue weighted by Crippen LogP contribution is 2.25. The van der Waals surface area contributed by atoms with E-state index in [1.807, 2.05) is 6.92 Å². The standard InChI is InChI=1S/C13H16O5/c1-3-4-7-18-10-6-5-9(12(14)15)8(2)11(10)13(16)17/h5-6H,3-4,7H2,1-2H3,(H,14,15)(H,16,17). The fourth-order valence-electron chi connectivity index (χ4n) is 1.63. The van der Waals surface area contributed by atoms with Crippen LogP contribution in [-0.4, -0.2) is 28.8 Å². The lowest BCUT2D eigenvalue weighted by molar-refractivity contribution is 0.0691. The topological polar surface area (TPSA) is 83.8 Å². The van der Waals surface area contributed by atoms with Gasteiger partial charge in [0.05, 0.1) is 12.2 Å². The number of carbonyl (C=O) groups is 2. The smallest absolute Gasteiger partial charge is 0.339 e. The molecule has 0 aliphatic rings. The maximum Gasteiger partial charge on any atom is 0.339 e. The van der Waals surface area contributed by atoms with Crippen molar-refractivity contribution in [3.05, 3.63) is 28.8 Å². The summed E-state index contributed by atoms with van der Waals surface area (Å²) in [5, 5.41) is 18.1. The van der Waals surface area contributed by atoms with E-state index in [2.05, 4.69) is 0 Å². The largest absolute Gasteiger partial charge is 0.493 e. The van der Waals surface area contributed by atoms with Gasteiger partial charge in [-0.2, -0.15) is 0 Å². The summed E-state index contributed by atoms with van der Waals surface area (Å²) in [7, 11) is 0. The third-order valence-corrected chi connectivity index (χ3v) is 2.63. The van der Waals surface area contributed by atoms with Crippen LogP contribution >= 0.6 is 0 Å². The maximum atomic E-state index is 11.2. The summed E-state index contributed by atoms with van der Waals surface area (Å²) in [6.45, 7) is 3.89. The first-order valence-corrected chi connectivity index (χ1v) is 5.72. The second-order valence-electron chi connectivity index (χ2n) is 3.92. The number of rotatable bonds is 6. The van der Waals surface area contributed by atoms with E-state index in [-0.39, 0.29) is 22.4 Å². The quantitative estimate of drug-likeness (QED) is 0.760. The van der Waals surface area contributed by atoms with Crippen LogP contribution in [-0.2, 0) is 0 Å². The zero-order valence-corrected chi connectivity index (χ0v) is 10.4. The molecule has 1 aromatic rings. The van der Waals surface area contributed by atoms with Crippen molar-refractivity contribution < 1.29 is 24.5 Å². The Hall–Kier alpha value is -2.04. The zero-order valence-electron chi connectivity index (χ0n) is 10.4. The van der Waals surface area contributed by atoms with E-state index in [4.69, 9.17) is 14.9 Å². The van der Waals surface area contributed by atoms with Gasteiger partial charge < -0.3 is 14.9 Å². The molecule has 1 aromatic carbocycles. The van der Waals surface area contributed by atoms with Crippen molar-refractivity contribution in [3.8, 4) is 5.75 Å². The number of hydrogen-bond donors (Lipinski definition) is 2. The maximum absolute atomic E-state index is 11.2. The Balaban J connectivity index is 3.15. The average molecular weight is 252 g/mol. The first-order valence-electron chi connectivity index (χ1n) is 5.72. The van der Waals surface area contributed by atoms with Crippen LogP contribution in [0, 0.1) is 6.92 Å². The Bertz CT molecular complexity index is 465. The molecule has 18 heavy (non-hydrogen) atoms. The van der Waals surface area contributed by atoms with Gasteiger partial charge in [0, 0.05) is 0 Å². The lowest BCUT2D eigenvalue weighted by Crippen LogP contribution is -2.10. The van der Waals surface area contributed by atoms with Crippen LogP contribution in [0.25, 0.3) is 0 Å². The summed E-state index contributed by atoms with van der Waals surface area (Å²) in [6, 6.07) is 2.76. The van der Waals surface area contributed by atoms with Crippen molar-refractivity contribution >= 4 is 11.9 Å². The molecular weight excluding hydrogens is 236 g/mol. The molecule has 0 aliphatic carbocycles. The molecule has 2 N–H and O–H groups in total. The van der Waals surface area contributed by atoms with Gasteiger partial charge in [-0.1, -0.05) is 13.3 Å². The van der Waals surface area contributed by atoms with Crippen LogP contribution in [0.5, 0.6) is 5.75 Å². The van der Waals surface area contributed by atoms with Crippen molar-refractivity contribution in [1.29, 1.82) is 0 Å². The Labute approximate surface area is 105 Å². The monoisotopic (exact) mass is 252 g/mol. The van der Waals surface area contributed by atoms with E-state index in [1.165, 1.54) is 19.1 Å². The molecule has 0 unspecified atom stereocenters. The predicted molar refractivity (Wildman–Crippen MR) is 65.5 cm³/mol. The minimum Gasteiger partial charge on any atom is -0.493 e. The molecule has 0 saturated carbocycles. The third kappa shape index (κ3) is 3.00. The van der Waals surface area contributed by atoms with Crippen molar-refractivity contribution in [3.63, 3.8) is 0 Å². The fraction of sp³-hybridized carbons (Fsp3) is 0.385. The summed E-state index contributed by atoms with van der Waals surface area (Å²) in [6.07, 6.45) is 1.76. The molecule has 0 atom stereocenters. The van der Waals surface area contributed by atoms with E-state index < -0.39 is 11.9 Å². The molecule has 0 fully saturated rings. The van der Waals surface area contributed by atoms with Gasteiger partial charge in [0.15, 0.2) is 0 Å². The van der Waals surface area contributed by atoms with Crippen LogP contribution in [0.2, 0.25) is 0 Å². The molecule has 0 aromatic heterocycles. The van der Waals surface area contributed by atoms with E-state index >= 15 is 0 Å². The normalized spacial score (nSPS) is 10.1. The van der Waals surface area contributed by atoms with Gasteiger partial charge in [-0.25, -0.2) is 9.59 Å². The third-order valence-electron chi connectivity index (χ3n) is 2.63. The molecule has 0 saturated heterocycles. The molecule has 5 nitrogen and oxygen atoms in total. The van der Waals surface area contributed by atoms with E-state index in [0.29, 0.717) is 6.61 Å². The molecule has 5 heteroatoms. The van der Waals surface area contributed by atoms with Gasteiger partial charge in [0.1, 0.15) is 11.3 Å². The fourth-order valence-corrected chi connectivity index (χ4v) is 1.63. The van der Waals surface area contributed by atoms with Gasteiger partial charge in [0.25, 0.3) is 0 Å². The summed E-state index contributed by atoms with van der Waals surface area (Å²) < 4.78 is 5.38. The first kappa shape index (κ1) is 14.0. The number of hydrogen-bond acceptors (Lipinski definition) is 3. The van der Waals surface area contributed by atoms with Crippen LogP contribution < -0.4 is 4.74 Å². The van der Waals surface area contributed by atoms with E-state index in [1.54, 1.807) is 0 Å². The molecule has 0 spiro atoms. The molecule has 0 amide bonds. The van der Waals surface area contributed by atoms with Crippen LogP contribution in [0.1, 0.15) is 46.0 Å². The number of benzene rings is 1. The van der Waals surface area contributed by atoms with Crippen LogP contribution in [0.15, 0.2) is 12.1 Å². The van der Waals surface area contributed by atoms with Gasteiger partial charge >= 0.3 is 11.9 Å². The number of ether oxygens (including phenoxy) is 1. The Morgan fingerprint density at radius 2 is 1.89 bits per heavy atom. The Morgan fingerprint density at radius 1 is 1.22 bits per heavy atom. The molecule has 1 rings (SSSR count). The lowest BCUT2D eigenvalue weighted by Gasteiger charge is -2.12. The highest BCUT2D eigenvalue weighted by molar-refractivity contribution is 5.98. The van der Waals surface area contributed by atoms with Crippen molar-refractivity contribution in [2.24, 2.45) is 0 Å². The summed E-state index contributed by atoms with van der Waals surface area (Å²) in [5.74, 6) is -2.10. The predicted octanol–water partition coefficient (Wildman–Crippen LogP) is 2.57. The number of aromatic carboxylic acids is 2. The minimum atomic E-state index is -1.18. The van der Waals surface area contributed by atoms with Gasteiger partial charge in [0.2, 0.25) is 0 Å². The number of carboxylic acid groups (broad SMARTS) is 2. The van der Waals surface area contributed by atoms with Crippen molar-refractivity contribution in [2.75, 3.05) is 6.61 Å². The van der Waals surface area contributed by atoms with Crippen LogP contribution in [0.4, 0.5) is 0 Å². The molecule has 0 heterocycles. The Kier molecular flexibility index (Phi) is 4.71. The van der Waals surface area contributed by atoms with E-state index in [0.717, 1.165) is 12.8 Å². The van der Waals surface area contributed by atoms with Crippen molar-refractivity contribution in [2.45, 2.75) is 26.7 Å². The van der Waals surface area contributed by atoms with E-state index in [9.17, 15) is 9.59 Å². The average Bonchev–Trinajstić information content (AvgIpc) is 2.28. The summed E-state index contributed by atoms with van der Waals surface area (Å²) >= 11 is 0. The number of carboxylic acids is 2. The first-order chi connectivity index (χ1) is 8.49. The highest BCUT2D eigenvalue weighted by atomic mass is 16.5. The molecule has 0 aliphatic heterocycles. The van der Waals surface area contributed by atoms with Gasteiger partial charge in [-0.3, -0.25) is 0 Å².